The third-order valence-electron chi connectivity index (χ3n) is 4.53. The number of para-hydroxylation sites is 1. The van der Waals surface area contributed by atoms with Gasteiger partial charge in [0.15, 0.2) is 11.5 Å². The topological polar surface area (TPSA) is 44.8 Å². The number of benzene rings is 1. The van der Waals surface area contributed by atoms with Crippen molar-refractivity contribution in [2.24, 2.45) is 17.3 Å². The highest BCUT2D eigenvalue weighted by atomic mass is 16.5. The second-order valence-electron chi connectivity index (χ2n) is 6.83. The maximum absolute atomic E-state index is 12.4. The first-order valence-electron chi connectivity index (χ1n) is 7.84. The number of hydrogen-bond acceptors (Lipinski definition) is 4. The van der Waals surface area contributed by atoms with Gasteiger partial charge in [-0.3, -0.25) is 4.79 Å². The first-order valence-corrected chi connectivity index (χ1v) is 7.84. The van der Waals surface area contributed by atoms with E-state index in [1.54, 1.807) is 14.2 Å². The van der Waals surface area contributed by atoms with Crippen LogP contribution in [0.3, 0.4) is 0 Å². The summed E-state index contributed by atoms with van der Waals surface area (Å²) in [5, 5.41) is 0. The minimum atomic E-state index is -0.151. The molecule has 0 aromatic heterocycles. The third-order valence-corrected chi connectivity index (χ3v) is 4.53. The molecule has 2 rings (SSSR count). The summed E-state index contributed by atoms with van der Waals surface area (Å²) in [4.78, 5) is 12.4. The lowest BCUT2D eigenvalue weighted by Gasteiger charge is -2.13. The van der Waals surface area contributed by atoms with Gasteiger partial charge in [-0.2, -0.15) is 0 Å². The molecule has 0 N–H and O–H groups in total. The molecule has 1 aliphatic rings. The van der Waals surface area contributed by atoms with Crippen molar-refractivity contribution in [2.75, 3.05) is 14.2 Å². The summed E-state index contributed by atoms with van der Waals surface area (Å²) >= 11 is 0. The Morgan fingerprint density at radius 3 is 2.48 bits per heavy atom. The highest BCUT2D eigenvalue weighted by Gasteiger charge is 2.61. The van der Waals surface area contributed by atoms with Gasteiger partial charge < -0.3 is 14.2 Å². The van der Waals surface area contributed by atoms with Crippen molar-refractivity contribution in [1.82, 2.24) is 0 Å². The molecule has 1 aromatic rings. The van der Waals surface area contributed by atoms with Crippen LogP contribution in [0, 0.1) is 17.3 Å². The number of carbonyl (C=O) groups excluding carboxylic acids is 1. The van der Waals surface area contributed by atoms with Crippen LogP contribution < -0.4 is 9.47 Å². The molecule has 0 heterocycles. The van der Waals surface area contributed by atoms with E-state index in [1.807, 2.05) is 18.2 Å². The molecule has 4 nitrogen and oxygen atoms in total. The predicted molar refractivity (Wildman–Crippen MR) is 89.5 cm³/mol. The Morgan fingerprint density at radius 1 is 1.22 bits per heavy atom. The zero-order valence-corrected chi connectivity index (χ0v) is 14.8. The van der Waals surface area contributed by atoms with Crippen molar-refractivity contribution in [3.63, 3.8) is 0 Å². The molecule has 126 valence electrons. The number of esters is 1. The number of methoxy groups -OCH3 is 2. The summed E-state index contributed by atoms with van der Waals surface area (Å²) in [6, 6.07) is 5.55. The SMILES string of the molecule is COc1cccc(COC(=O)C2C(C=C(C)C)C2(C)C)c1OC. The van der Waals surface area contributed by atoms with Gasteiger partial charge in [-0.15, -0.1) is 0 Å². The molecule has 1 aliphatic carbocycles. The fraction of sp³-hybridized carbons (Fsp3) is 0.526. The molecular formula is C19H26O4. The van der Waals surface area contributed by atoms with Crippen molar-refractivity contribution in [3.05, 3.63) is 35.4 Å². The van der Waals surface area contributed by atoms with Crippen LogP contribution in [-0.2, 0) is 16.1 Å². The Bertz CT molecular complexity index is 612. The monoisotopic (exact) mass is 318 g/mol. The number of carbonyl (C=O) groups is 1. The Kier molecular flexibility index (Phi) is 5.03. The van der Waals surface area contributed by atoms with Crippen molar-refractivity contribution < 1.29 is 19.0 Å². The second-order valence-corrected chi connectivity index (χ2v) is 6.83. The van der Waals surface area contributed by atoms with Crippen molar-refractivity contribution in [1.29, 1.82) is 0 Å². The largest absolute Gasteiger partial charge is 0.493 e. The summed E-state index contributed by atoms with van der Waals surface area (Å²) in [5.41, 5.74) is 2.00. The molecule has 0 saturated heterocycles. The Labute approximate surface area is 138 Å². The van der Waals surface area contributed by atoms with E-state index < -0.39 is 0 Å². The number of hydrogen-bond donors (Lipinski definition) is 0. The summed E-state index contributed by atoms with van der Waals surface area (Å²) in [6.45, 7) is 8.51. The van der Waals surface area contributed by atoms with Gasteiger partial charge in [-0.1, -0.05) is 37.6 Å². The van der Waals surface area contributed by atoms with Crippen LogP contribution in [0.1, 0.15) is 33.3 Å². The molecule has 23 heavy (non-hydrogen) atoms. The Hall–Kier alpha value is -1.97. The van der Waals surface area contributed by atoms with Gasteiger partial charge in [0.1, 0.15) is 6.61 Å². The molecular weight excluding hydrogens is 292 g/mol. The smallest absolute Gasteiger partial charge is 0.310 e. The minimum absolute atomic E-state index is 0.0349. The predicted octanol–water partition coefficient (Wildman–Crippen LogP) is 3.99. The first kappa shape index (κ1) is 17.4. The Morgan fingerprint density at radius 2 is 1.91 bits per heavy atom. The van der Waals surface area contributed by atoms with Gasteiger partial charge in [0.2, 0.25) is 0 Å². The average molecular weight is 318 g/mol. The van der Waals surface area contributed by atoms with Gasteiger partial charge in [0, 0.05) is 5.56 Å². The lowest BCUT2D eigenvalue weighted by Crippen LogP contribution is -2.11. The van der Waals surface area contributed by atoms with Crippen LogP contribution >= 0.6 is 0 Å². The molecule has 1 saturated carbocycles. The molecule has 4 heteroatoms. The molecule has 0 radical (unpaired) electrons. The standard InChI is InChI=1S/C19H26O4/c1-12(2)10-14-16(19(14,3)4)18(20)23-11-13-8-7-9-15(21-5)17(13)22-6/h7-10,14,16H,11H2,1-6H3. The molecule has 1 fully saturated rings. The lowest BCUT2D eigenvalue weighted by atomic mass is 10.1. The maximum atomic E-state index is 12.4. The fourth-order valence-electron chi connectivity index (χ4n) is 3.10. The van der Waals surface area contributed by atoms with Crippen LogP contribution in [-0.4, -0.2) is 20.2 Å². The van der Waals surface area contributed by atoms with Crippen LogP contribution in [0.4, 0.5) is 0 Å². The van der Waals surface area contributed by atoms with E-state index in [2.05, 4.69) is 33.8 Å². The molecule has 0 aliphatic heterocycles. The van der Waals surface area contributed by atoms with E-state index >= 15 is 0 Å². The van der Waals surface area contributed by atoms with Gasteiger partial charge in [-0.25, -0.2) is 0 Å². The molecule has 2 atom stereocenters. The van der Waals surface area contributed by atoms with E-state index in [4.69, 9.17) is 14.2 Å². The van der Waals surface area contributed by atoms with Gasteiger partial charge >= 0.3 is 5.97 Å². The highest BCUT2D eigenvalue weighted by molar-refractivity contribution is 5.78. The van der Waals surface area contributed by atoms with Gasteiger partial charge in [0.05, 0.1) is 20.1 Å². The van der Waals surface area contributed by atoms with Crippen LogP contribution in [0.2, 0.25) is 0 Å². The molecule has 0 amide bonds. The number of ether oxygens (including phenoxy) is 3. The van der Waals surface area contributed by atoms with Crippen LogP contribution in [0.25, 0.3) is 0 Å². The summed E-state index contributed by atoms with van der Waals surface area (Å²) in [6.07, 6.45) is 2.16. The normalized spacial score (nSPS) is 21.3. The van der Waals surface area contributed by atoms with E-state index in [1.165, 1.54) is 5.57 Å². The van der Waals surface area contributed by atoms with Gasteiger partial charge in [0.25, 0.3) is 0 Å². The van der Waals surface area contributed by atoms with Crippen LogP contribution in [0.15, 0.2) is 29.8 Å². The molecule has 0 spiro atoms. The van der Waals surface area contributed by atoms with E-state index in [0.717, 1.165) is 5.56 Å². The molecule has 1 aromatic carbocycles. The van der Waals surface area contributed by atoms with Crippen molar-refractivity contribution in [2.45, 2.75) is 34.3 Å². The maximum Gasteiger partial charge on any atom is 0.310 e. The summed E-state index contributed by atoms with van der Waals surface area (Å²) < 4.78 is 16.2. The first-order chi connectivity index (χ1) is 10.8. The average Bonchev–Trinajstić information content (AvgIpc) is 3.04. The van der Waals surface area contributed by atoms with E-state index in [0.29, 0.717) is 11.5 Å². The number of rotatable bonds is 6. The summed E-state index contributed by atoms with van der Waals surface area (Å²) in [7, 11) is 3.17. The van der Waals surface area contributed by atoms with E-state index in [9.17, 15) is 4.79 Å². The minimum Gasteiger partial charge on any atom is -0.493 e. The van der Waals surface area contributed by atoms with Crippen molar-refractivity contribution in [3.8, 4) is 11.5 Å². The molecule has 2 unspecified atom stereocenters. The summed E-state index contributed by atoms with van der Waals surface area (Å²) in [5.74, 6) is 1.28. The van der Waals surface area contributed by atoms with Crippen LogP contribution in [0.5, 0.6) is 11.5 Å². The third kappa shape index (κ3) is 3.52. The quantitative estimate of drug-likeness (QED) is 0.588. The zero-order valence-electron chi connectivity index (χ0n) is 14.8. The highest BCUT2D eigenvalue weighted by Crippen LogP contribution is 2.59. The van der Waals surface area contributed by atoms with E-state index in [-0.39, 0.29) is 29.8 Å². The fourth-order valence-corrected chi connectivity index (χ4v) is 3.10. The Balaban J connectivity index is 2.05. The lowest BCUT2D eigenvalue weighted by molar-refractivity contribution is -0.147. The number of allylic oxidation sites excluding steroid dienone is 2. The second kappa shape index (κ2) is 6.65. The van der Waals surface area contributed by atoms with Crippen molar-refractivity contribution >= 4 is 5.97 Å². The van der Waals surface area contributed by atoms with Gasteiger partial charge in [-0.05, 0) is 31.2 Å². The zero-order chi connectivity index (χ0) is 17.2. The molecule has 0 bridgehead atoms.